The minimum atomic E-state index is -1.55. The summed E-state index contributed by atoms with van der Waals surface area (Å²) >= 11 is 0. The van der Waals surface area contributed by atoms with E-state index in [1.165, 1.54) is 63.0 Å². The molecule has 0 spiro atoms. The molecule has 0 radical (unpaired) electrons. The number of nitrogens with zero attached hydrogens (tertiary/aromatic N) is 8. The van der Waals surface area contributed by atoms with Crippen LogP contribution < -0.4 is 0 Å². The van der Waals surface area contributed by atoms with Crippen molar-refractivity contribution in [2.24, 2.45) is 23.7 Å². The van der Waals surface area contributed by atoms with Gasteiger partial charge in [-0.05, 0) is 162 Å². The van der Waals surface area contributed by atoms with Crippen LogP contribution in [0.1, 0.15) is 194 Å². The van der Waals surface area contributed by atoms with Gasteiger partial charge in [-0.3, -0.25) is 28.5 Å². The fourth-order valence-corrected chi connectivity index (χ4v) is 11.8. The number of likely N-dealkylation sites (N-methyl/N-ethyl adjacent to an activating group) is 4. The fourth-order valence-electron chi connectivity index (χ4n) is 11.8. The molecule has 2 aromatic carbocycles. The number of amides is 4. The molecule has 2 saturated carbocycles. The van der Waals surface area contributed by atoms with Gasteiger partial charge in [0.15, 0.2) is 24.4 Å². The van der Waals surface area contributed by atoms with Gasteiger partial charge in [-0.1, -0.05) is 104 Å². The number of ether oxygens (including phenoxy) is 4. The number of hydrogen-bond donors (Lipinski definition) is 0. The number of benzene rings is 2. The summed E-state index contributed by atoms with van der Waals surface area (Å²) in [7, 11) is 5.64. The van der Waals surface area contributed by atoms with Crippen LogP contribution in [0.3, 0.4) is 0 Å². The summed E-state index contributed by atoms with van der Waals surface area (Å²) in [5.74, 6) is -6.36. The number of aromatic nitrogens is 4. The monoisotopic (exact) mass is 1240 g/mol. The van der Waals surface area contributed by atoms with Crippen LogP contribution in [0.25, 0.3) is 0 Å². The van der Waals surface area contributed by atoms with E-state index in [2.05, 4.69) is 40.1 Å². The Morgan fingerprint density at radius 1 is 0.422 bits per heavy atom. The van der Waals surface area contributed by atoms with Gasteiger partial charge < -0.3 is 38.5 Å². The molecule has 2 aromatic heterocycles. The van der Waals surface area contributed by atoms with Crippen LogP contribution in [0, 0.1) is 23.7 Å². The summed E-state index contributed by atoms with van der Waals surface area (Å²) in [6.45, 7) is 25.9. The van der Waals surface area contributed by atoms with Crippen molar-refractivity contribution in [3.8, 4) is 0 Å². The zero-order chi connectivity index (χ0) is 66.4. The smallest absolute Gasteiger partial charge is 0.329 e. The minimum Gasteiger partial charge on any atom is -0.451 e. The molecule has 20 heteroatoms. The molecule has 0 bridgehead atoms. The standard InChI is InChI=1S/C70H100N8O12/c1-41(2)31-55-65(83)87-45(9)61(79)73(15)58(34-44(7)8)68(86)90-60(36-48-21-29-54(30-22-48)70(13,14)78-40-52(38-72-78)50-25-26-50)64(82)76(18)56(32-42(3)4)66(84)88-46(10)62(80)74(16)57(33-43(5)6)67(85)89-59(63(81)75(55)17)35-47-19-27-53(28-20-47)69(11,12)77-39-51(37-71-77)49-23-24-49/h19-22,27-30,37-46,49-50,55-60H,23-26,31-36H2,1-18H3/t45-,46-,55+,56+,57+,58+,59-,60-/m1/s1. The third-order valence-electron chi connectivity index (χ3n) is 18.1. The maximum Gasteiger partial charge on any atom is 0.329 e. The lowest BCUT2D eigenvalue weighted by Gasteiger charge is -2.35. The van der Waals surface area contributed by atoms with E-state index in [-0.39, 0.29) is 62.2 Å². The third kappa shape index (κ3) is 17.2. The first-order valence-electron chi connectivity index (χ1n) is 32.4. The molecule has 7 rings (SSSR count). The van der Waals surface area contributed by atoms with Gasteiger partial charge in [-0.2, -0.15) is 10.2 Å². The second-order valence-electron chi connectivity index (χ2n) is 28.3. The quantitative estimate of drug-likeness (QED) is 0.0669. The SMILES string of the molecule is CC(C)C[C@H]1C(=O)O[C@H](Cc2ccc(C(C)(C)n3cc(C4CC4)cn3)cc2)C(=O)N(C)[C@@H](CC(C)C)C(=O)O[C@H](C)C(=O)N(C)[C@@H](CC(C)C)C(=O)O[C@H](Cc2ccc(C(C)(C)n3cc(C4CC4)cn3)cc2)C(=O)N(C)[C@@H](CC(C)C)C(=O)O[C@H](C)C(=O)N1C. The van der Waals surface area contributed by atoms with Crippen molar-refractivity contribution in [3.05, 3.63) is 107 Å². The molecule has 0 unspecified atom stereocenters. The summed E-state index contributed by atoms with van der Waals surface area (Å²) in [6, 6.07) is 9.98. The second kappa shape index (κ2) is 29.3. The van der Waals surface area contributed by atoms with Gasteiger partial charge in [0.1, 0.15) is 24.2 Å². The molecule has 3 fully saturated rings. The molecule has 8 atom stereocenters. The lowest BCUT2D eigenvalue weighted by molar-refractivity contribution is -0.176. The van der Waals surface area contributed by atoms with Crippen LogP contribution in [0.2, 0.25) is 0 Å². The van der Waals surface area contributed by atoms with E-state index in [1.807, 2.05) is 126 Å². The van der Waals surface area contributed by atoms with Gasteiger partial charge in [-0.25, -0.2) is 19.2 Å². The predicted octanol–water partition coefficient (Wildman–Crippen LogP) is 9.38. The molecule has 20 nitrogen and oxygen atoms in total. The Labute approximate surface area is 533 Å². The van der Waals surface area contributed by atoms with Crippen molar-refractivity contribution in [2.75, 3.05) is 28.2 Å². The van der Waals surface area contributed by atoms with E-state index >= 15 is 9.59 Å². The highest BCUT2D eigenvalue weighted by molar-refractivity contribution is 5.94. The van der Waals surface area contributed by atoms with Crippen LogP contribution in [-0.2, 0) is 81.2 Å². The lowest BCUT2D eigenvalue weighted by Crippen LogP contribution is -2.55. The minimum absolute atomic E-state index is 0.0816. The van der Waals surface area contributed by atoms with Crippen LogP contribution in [0.5, 0.6) is 0 Å². The molecule has 0 N–H and O–H groups in total. The maximum absolute atomic E-state index is 15.2. The van der Waals surface area contributed by atoms with E-state index in [9.17, 15) is 28.8 Å². The summed E-state index contributed by atoms with van der Waals surface area (Å²) in [4.78, 5) is 124. The number of carbonyl (C=O) groups is 8. The van der Waals surface area contributed by atoms with Gasteiger partial charge in [0.2, 0.25) is 0 Å². The van der Waals surface area contributed by atoms with Gasteiger partial charge in [-0.15, -0.1) is 0 Å². The van der Waals surface area contributed by atoms with Crippen LogP contribution >= 0.6 is 0 Å². The summed E-state index contributed by atoms with van der Waals surface area (Å²) in [6.07, 6.45) is 6.54. The van der Waals surface area contributed by atoms with Crippen LogP contribution in [0.4, 0.5) is 0 Å². The van der Waals surface area contributed by atoms with E-state index in [0.717, 1.165) is 46.6 Å². The fraction of sp³-hybridized carbons (Fsp3) is 0.629. The molecule has 3 aliphatic rings. The van der Waals surface area contributed by atoms with Crippen molar-refractivity contribution in [2.45, 2.75) is 233 Å². The van der Waals surface area contributed by atoms with Crippen molar-refractivity contribution < 1.29 is 57.3 Å². The summed E-state index contributed by atoms with van der Waals surface area (Å²) in [5.41, 5.74) is 4.41. The molecule has 4 amide bonds. The maximum atomic E-state index is 15.2. The van der Waals surface area contributed by atoms with Gasteiger partial charge in [0.05, 0.1) is 23.5 Å². The predicted molar refractivity (Wildman–Crippen MR) is 340 cm³/mol. The Morgan fingerprint density at radius 3 is 0.956 bits per heavy atom. The average molecular weight is 1250 g/mol. The molecular formula is C70H100N8O12. The molecule has 4 aromatic rings. The van der Waals surface area contributed by atoms with Crippen LogP contribution in [-0.4, -0.2) is 163 Å². The van der Waals surface area contributed by atoms with Crippen molar-refractivity contribution in [1.82, 2.24) is 39.2 Å². The Morgan fingerprint density at radius 2 is 0.689 bits per heavy atom. The first kappa shape index (κ1) is 70.1. The Balaban J connectivity index is 1.25. The number of rotatable bonds is 18. The molecule has 3 heterocycles. The van der Waals surface area contributed by atoms with E-state index in [0.29, 0.717) is 23.0 Å². The van der Waals surface area contributed by atoms with E-state index in [1.54, 1.807) is 0 Å². The molecule has 1 aliphatic heterocycles. The van der Waals surface area contributed by atoms with Gasteiger partial charge in [0.25, 0.3) is 23.6 Å². The van der Waals surface area contributed by atoms with Crippen molar-refractivity contribution in [3.63, 3.8) is 0 Å². The second-order valence-corrected chi connectivity index (χ2v) is 28.3. The van der Waals surface area contributed by atoms with E-state index in [4.69, 9.17) is 29.1 Å². The largest absolute Gasteiger partial charge is 0.451 e. The number of esters is 4. The molecule has 90 heavy (non-hydrogen) atoms. The number of carbonyl (C=O) groups excluding carboxylic acids is 8. The highest BCUT2D eigenvalue weighted by Gasteiger charge is 2.44. The Hall–Kier alpha value is -7.38. The third-order valence-corrected chi connectivity index (χ3v) is 18.1. The lowest BCUT2D eigenvalue weighted by atomic mass is 9.92. The van der Waals surface area contributed by atoms with Crippen molar-refractivity contribution >= 4 is 47.5 Å². The molecule has 1 saturated heterocycles. The number of cyclic esters (lactones) is 4. The highest BCUT2D eigenvalue weighted by atomic mass is 16.6. The number of hydrogen-bond acceptors (Lipinski definition) is 14. The Bertz CT molecular complexity index is 2950. The topological polar surface area (TPSA) is 222 Å². The normalized spacial score (nSPS) is 24.1. The molecule has 492 valence electrons. The average Bonchev–Trinajstić information content (AvgIpc) is 1.96. The molecule has 2 aliphatic carbocycles. The van der Waals surface area contributed by atoms with Gasteiger partial charge >= 0.3 is 23.9 Å². The van der Waals surface area contributed by atoms with Crippen molar-refractivity contribution in [1.29, 1.82) is 0 Å². The Kier molecular flexibility index (Phi) is 22.8. The van der Waals surface area contributed by atoms with Gasteiger partial charge in [0, 0.05) is 53.4 Å². The summed E-state index contributed by atoms with van der Waals surface area (Å²) < 4.78 is 28.4. The highest BCUT2D eigenvalue weighted by Crippen LogP contribution is 2.42. The zero-order valence-electron chi connectivity index (χ0n) is 56.6. The summed E-state index contributed by atoms with van der Waals surface area (Å²) in [5, 5.41) is 9.40. The van der Waals surface area contributed by atoms with Crippen LogP contribution in [0.15, 0.2) is 73.3 Å². The first-order valence-corrected chi connectivity index (χ1v) is 32.4. The first-order chi connectivity index (χ1) is 42.2. The van der Waals surface area contributed by atoms with E-state index < -0.39 is 107 Å². The zero-order valence-corrected chi connectivity index (χ0v) is 56.6. The molecular weight excluding hydrogens is 1140 g/mol.